The first kappa shape index (κ1) is 10.7. The van der Waals surface area contributed by atoms with E-state index in [2.05, 4.69) is 11.9 Å². The quantitative estimate of drug-likeness (QED) is 0.674. The molecule has 1 aliphatic carbocycles. The van der Waals surface area contributed by atoms with Crippen molar-refractivity contribution in [2.45, 2.75) is 26.2 Å². The van der Waals surface area contributed by atoms with Crippen LogP contribution in [0.5, 0.6) is 0 Å². The van der Waals surface area contributed by atoms with Gasteiger partial charge in [0.05, 0.1) is 5.52 Å². The summed E-state index contributed by atoms with van der Waals surface area (Å²) >= 11 is 0. The van der Waals surface area contributed by atoms with Crippen LogP contribution in [0.25, 0.3) is 10.9 Å². The normalized spacial score (nSPS) is 19.6. The van der Waals surface area contributed by atoms with Crippen LogP contribution >= 0.6 is 0 Å². The molecule has 1 N–H and O–H groups in total. The zero-order chi connectivity index (χ0) is 12.2. The van der Waals surface area contributed by atoms with Crippen LogP contribution in [0, 0.1) is 23.4 Å². The maximum absolute atomic E-state index is 13.8. The molecule has 17 heavy (non-hydrogen) atoms. The van der Waals surface area contributed by atoms with Crippen LogP contribution in [0.1, 0.15) is 24.6 Å². The van der Waals surface area contributed by atoms with E-state index >= 15 is 0 Å². The van der Waals surface area contributed by atoms with Gasteiger partial charge in [0.2, 0.25) is 0 Å². The molecule has 4 heteroatoms. The molecule has 0 aliphatic heterocycles. The number of aromatic amines is 1. The van der Waals surface area contributed by atoms with Gasteiger partial charge in [-0.05, 0) is 30.7 Å². The fourth-order valence-electron chi connectivity index (χ4n) is 2.66. The highest BCUT2D eigenvalue weighted by Crippen LogP contribution is 2.34. The topological polar surface area (TPSA) is 15.8 Å². The number of rotatable bonds is 0. The zero-order valence-corrected chi connectivity index (χ0v) is 9.41. The Morgan fingerprint density at radius 3 is 2.76 bits per heavy atom. The average molecular weight is 239 g/mol. The van der Waals surface area contributed by atoms with Crippen molar-refractivity contribution in [2.75, 3.05) is 0 Å². The second-order valence-corrected chi connectivity index (χ2v) is 4.83. The van der Waals surface area contributed by atoms with Gasteiger partial charge in [-0.3, -0.25) is 0 Å². The van der Waals surface area contributed by atoms with Gasteiger partial charge in [-0.15, -0.1) is 0 Å². The van der Waals surface area contributed by atoms with Crippen LogP contribution in [-0.2, 0) is 12.8 Å². The SMILES string of the molecule is CC1CCc2[nH]c3c(F)cc(F)c(F)c3c2C1. The van der Waals surface area contributed by atoms with Crippen LogP contribution in [0.15, 0.2) is 6.07 Å². The molecule has 0 amide bonds. The summed E-state index contributed by atoms with van der Waals surface area (Å²) in [4.78, 5) is 2.89. The number of benzene rings is 1. The van der Waals surface area contributed by atoms with Crippen molar-refractivity contribution in [3.8, 4) is 0 Å². The molecule has 0 spiro atoms. The van der Waals surface area contributed by atoms with E-state index in [1.165, 1.54) is 0 Å². The van der Waals surface area contributed by atoms with Crippen molar-refractivity contribution in [2.24, 2.45) is 5.92 Å². The molecule has 1 aromatic heterocycles. The number of hydrogen-bond acceptors (Lipinski definition) is 0. The lowest BCUT2D eigenvalue weighted by Crippen LogP contribution is -2.10. The molecule has 0 saturated heterocycles. The average Bonchev–Trinajstić information content (AvgIpc) is 2.65. The Morgan fingerprint density at radius 1 is 1.24 bits per heavy atom. The second kappa shape index (κ2) is 3.52. The minimum atomic E-state index is -1.12. The molecule has 0 saturated carbocycles. The monoisotopic (exact) mass is 239 g/mol. The first-order chi connectivity index (χ1) is 8.08. The number of aromatic nitrogens is 1. The Hall–Kier alpha value is -1.45. The van der Waals surface area contributed by atoms with E-state index < -0.39 is 17.5 Å². The fraction of sp³-hybridized carbons (Fsp3) is 0.385. The molecule has 1 heterocycles. The molecular weight excluding hydrogens is 227 g/mol. The molecule has 2 aromatic rings. The molecule has 3 rings (SSSR count). The van der Waals surface area contributed by atoms with Gasteiger partial charge in [0.1, 0.15) is 5.82 Å². The molecular formula is C13H12F3N. The van der Waals surface area contributed by atoms with Crippen LogP contribution in [-0.4, -0.2) is 4.98 Å². The summed E-state index contributed by atoms with van der Waals surface area (Å²) in [6.07, 6.45) is 2.44. The summed E-state index contributed by atoms with van der Waals surface area (Å²) in [6, 6.07) is 0.600. The summed E-state index contributed by atoms with van der Waals surface area (Å²) in [7, 11) is 0. The van der Waals surface area contributed by atoms with Crippen LogP contribution in [0.4, 0.5) is 13.2 Å². The van der Waals surface area contributed by atoms with E-state index in [-0.39, 0.29) is 10.9 Å². The molecule has 0 fully saturated rings. The van der Waals surface area contributed by atoms with Gasteiger partial charge < -0.3 is 4.98 Å². The molecule has 1 nitrogen and oxygen atoms in total. The summed E-state index contributed by atoms with van der Waals surface area (Å²) in [5.41, 5.74) is 1.69. The van der Waals surface area contributed by atoms with Crippen molar-refractivity contribution in [3.05, 3.63) is 34.8 Å². The first-order valence-corrected chi connectivity index (χ1v) is 5.75. The third-order valence-electron chi connectivity index (χ3n) is 3.55. The van der Waals surface area contributed by atoms with Crippen molar-refractivity contribution < 1.29 is 13.2 Å². The number of nitrogens with one attached hydrogen (secondary N) is 1. The number of H-pyrrole nitrogens is 1. The molecule has 1 atom stereocenters. The third kappa shape index (κ3) is 1.47. The van der Waals surface area contributed by atoms with Crippen molar-refractivity contribution in [3.63, 3.8) is 0 Å². The van der Waals surface area contributed by atoms with Crippen LogP contribution < -0.4 is 0 Å². The molecule has 1 aliphatic rings. The maximum Gasteiger partial charge on any atom is 0.168 e. The van der Waals surface area contributed by atoms with Gasteiger partial charge in [0, 0.05) is 17.1 Å². The molecule has 1 aromatic carbocycles. The minimum Gasteiger partial charge on any atom is -0.356 e. The van der Waals surface area contributed by atoms with E-state index in [4.69, 9.17) is 0 Å². The summed E-state index contributed by atoms with van der Waals surface area (Å²) < 4.78 is 40.6. The largest absolute Gasteiger partial charge is 0.356 e. The van der Waals surface area contributed by atoms with Gasteiger partial charge in [-0.2, -0.15) is 0 Å². The number of fused-ring (bicyclic) bond motifs is 3. The number of aryl methyl sites for hydroxylation is 1. The van der Waals surface area contributed by atoms with Gasteiger partial charge in [0.25, 0.3) is 0 Å². The van der Waals surface area contributed by atoms with E-state index in [0.717, 1.165) is 24.1 Å². The second-order valence-electron chi connectivity index (χ2n) is 4.83. The predicted octanol–water partition coefficient (Wildman–Crippen LogP) is 3.71. The first-order valence-electron chi connectivity index (χ1n) is 5.75. The lowest BCUT2D eigenvalue weighted by molar-refractivity contribution is 0.493. The highest BCUT2D eigenvalue weighted by molar-refractivity contribution is 5.86. The fourth-order valence-corrected chi connectivity index (χ4v) is 2.66. The van der Waals surface area contributed by atoms with Crippen molar-refractivity contribution in [1.29, 1.82) is 0 Å². The molecule has 0 bridgehead atoms. The Balaban J connectivity index is 2.37. The molecule has 1 unspecified atom stereocenters. The van der Waals surface area contributed by atoms with Gasteiger partial charge in [-0.25, -0.2) is 13.2 Å². The van der Waals surface area contributed by atoms with Gasteiger partial charge in [-0.1, -0.05) is 6.92 Å². The van der Waals surface area contributed by atoms with E-state index in [0.29, 0.717) is 18.4 Å². The Labute approximate surface area is 96.6 Å². The van der Waals surface area contributed by atoms with Crippen LogP contribution in [0.3, 0.4) is 0 Å². The molecule has 90 valence electrons. The van der Waals surface area contributed by atoms with E-state index in [9.17, 15) is 13.2 Å². The third-order valence-corrected chi connectivity index (χ3v) is 3.55. The predicted molar refractivity (Wildman–Crippen MR) is 59.4 cm³/mol. The Morgan fingerprint density at radius 2 is 2.00 bits per heavy atom. The van der Waals surface area contributed by atoms with E-state index in [1.54, 1.807) is 0 Å². The van der Waals surface area contributed by atoms with Crippen molar-refractivity contribution >= 4 is 10.9 Å². The smallest absolute Gasteiger partial charge is 0.168 e. The van der Waals surface area contributed by atoms with Crippen molar-refractivity contribution in [1.82, 2.24) is 4.98 Å². The lowest BCUT2D eigenvalue weighted by atomic mass is 9.87. The minimum absolute atomic E-state index is 0.100. The summed E-state index contributed by atoms with van der Waals surface area (Å²) in [5.74, 6) is -2.35. The highest BCUT2D eigenvalue weighted by Gasteiger charge is 2.25. The summed E-state index contributed by atoms with van der Waals surface area (Å²) in [6.45, 7) is 2.06. The van der Waals surface area contributed by atoms with Gasteiger partial charge >= 0.3 is 0 Å². The summed E-state index contributed by atoms with van der Waals surface area (Å²) in [5, 5.41) is 0.101. The lowest BCUT2D eigenvalue weighted by Gasteiger charge is -2.18. The molecule has 0 radical (unpaired) electrons. The maximum atomic E-state index is 13.8. The Bertz CT molecular complexity index is 600. The van der Waals surface area contributed by atoms with Crippen LogP contribution in [0.2, 0.25) is 0 Å². The highest BCUT2D eigenvalue weighted by atomic mass is 19.2. The zero-order valence-electron chi connectivity index (χ0n) is 9.41. The van der Waals surface area contributed by atoms with Gasteiger partial charge in [0.15, 0.2) is 11.6 Å². The number of hydrogen-bond donors (Lipinski definition) is 1. The number of halogens is 3. The van der Waals surface area contributed by atoms with E-state index in [1.807, 2.05) is 0 Å². The Kier molecular flexibility index (Phi) is 2.21. The standard InChI is InChI=1S/C13H12F3N/c1-6-2-3-10-7(4-6)11-12(16)8(14)5-9(15)13(11)17-10/h5-6,17H,2-4H2,1H3.